The summed E-state index contributed by atoms with van der Waals surface area (Å²) in [6.07, 6.45) is 6.32. The van der Waals surface area contributed by atoms with E-state index in [-0.39, 0.29) is 41.8 Å². The van der Waals surface area contributed by atoms with Crippen LogP contribution in [0, 0.1) is 11.6 Å². The summed E-state index contributed by atoms with van der Waals surface area (Å²) in [5.41, 5.74) is 1.22. The van der Waals surface area contributed by atoms with Crippen molar-refractivity contribution in [3.63, 3.8) is 0 Å². The number of hydrogen-bond acceptors (Lipinski definition) is 5. The Balaban J connectivity index is 1.32. The van der Waals surface area contributed by atoms with E-state index in [1.807, 2.05) is 10.8 Å². The van der Waals surface area contributed by atoms with Gasteiger partial charge in [0.05, 0.1) is 29.1 Å². The highest BCUT2D eigenvalue weighted by atomic mass is 35.5. The lowest BCUT2D eigenvalue weighted by Gasteiger charge is -2.27. The number of rotatable bonds is 8. The lowest BCUT2D eigenvalue weighted by molar-refractivity contribution is -0.0595. The molecule has 1 fully saturated rings. The third-order valence-electron chi connectivity index (χ3n) is 5.64. The summed E-state index contributed by atoms with van der Waals surface area (Å²) >= 11 is 5.84. The Kier molecular flexibility index (Phi) is 6.51. The van der Waals surface area contributed by atoms with Gasteiger partial charge in [0, 0.05) is 43.2 Å². The average Bonchev–Trinajstić information content (AvgIpc) is 3.25. The molecule has 0 unspecified atom stereocenters. The molecule has 0 spiro atoms. The summed E-state index contributed by atoms with van der Waals surface area (Å²) in [5, 5.41) is 0.529. The van der Waals surface area contributed by atoms with Crippen molar-refractivity contribution in [2.45, 2.75) is 32.1 Å². The predicted octanol–water partition coefficient (Wildman–Crippen LogP) is 5.23. The van der Waals surface area contributed by atoms with Crippen LogP contribution in [0.25, 0.3) is 11.3 Å². The molecule has 1 aliphatic heterocycles. The fourth-order valence-corrected chi connectivity index (χ4v) is 3.81. The van der Waals surface area contributed by atoms with Crippen molar-refractivity contribution in [2.24, 2.45) is 0 Å². The second-order valence-corrected chi connectivity index (χ2v) is 8.43. The van der Waals surface area contributed by atoms with E-state index in [9.17, 15) is 4.39 Å². The molecule has 4 aromatic rings. The van der Waals surface area contributed by atoms with Crippen molar-refractivity contribution >= 4 is 11.6 Å². The van der Waals surface area contributed by atoms with E-state index in [0.717, 1.165) is 13.0 Å². The Morgan fingerprint density at radius 1 is 1.12 bits per heavy atom. The molecule has 1 aliphatic rings. The van der Waals surface area contributed by atoms with Crippen LogP contribution in [0.2, 0.25) is 5.02 Å². The van der Waals surface area contributed by atoms with Gasteiger partial charge in [-0.25, -0.2) is 18.7 Å². The maximum Gasteiger partial charge on any atom is 0.214 e. The van der Waals surface area contributed by atoms with Gasteiger partial charge in [0.15, 0.2) is 0 Å². The number of hydrogen-bond donors (Lipinski definition) is 0. The monoisotopic (exact) mass is 482 g/mol. The molecule has 0 amide bonds. The first-order valence-corrected chi connectivity index (χ1v) is 11.2. The van der Waals surface area contributed by atoms with Crippen LogP contribution in [0.1, 0.15) is 23.5 Å². The van der Waals surface area contributed by atoms with Crippen molar-refractivity contribution in [2.75, 3.05) is 6.61 Å². The van der Waals surface area contributed by atoms with E-state index in [1.54, 1.807) is 36.5 Å². The molecule has 1 aromatic carbocycles. The van der Waals surface area contributed by atoms with Crippen LogP contribution in [-0.4, -0.2) is 32.2 Å². The first-order valence-electron chi connectivity index (χ1n) is 10.9. The molecule has 3 aromatic heterocycles. The van der Waals surface area contributed by atoms with Crippen LogP contribution < -0.4 is 4.74 Å². The van der Waals surface area contributed by atoms with Gasteiger partial charge in [-0.05, 0) is 42.3 Å². The molecular formula is C25H21ClF2N4O2. The van der Waals surface area contributed by atoms with Crippen molar-refractivity contribution < 1.29 is 18.3 Å². The second-order valence-electron chi connectivity index (χ2n) is 8.00. The molecule has 4 heterocycles. The van der Waals surface area contributed by atoms with Crippen LogP contribution in [0.5, 0.6) is 5.88 Å². The summed E-state index contributed by atoms with van der Waals surface area (Å²) in [5.74, 6) is -0.158. The second kappa shape index (κ2) is 9.87. The van der Waals surface area contributed by atoms with Crippen molar-refractivity contribution in [1.29, 1.82) is 0 Å². The van der Waals surface area contributed by atoms with Crippen LogP contribution in [-0.2, 0) is 24.3 Å². The number of nitrogens with zero attached hydrogens (tertiary/aromatic N) is 4. The Morgan fingerprint density at radius 2 is 2.00 bits per heavy atom. The third kappa shape index (κ3) is 5.08. The molecule has 0 N–H and O–H groups in total. The smallest absolute Gasteiger partial charge is 0.214 e. The van der Waals surface area contributed by atoms with Gasteiger partial charge >= 0.3 is 0 Å². The summed E-state index contributed by atoms with van der Waals surface area (Å²) in [4.78, 5) is 12.8. The van der Waals surface area contributed by atoms with Crippen LogP contribution >= 0.6 is 11.6 Å². The predicted molar refractivity (Wildman–Crippen MR) is 123 cm³/mol. The van der Waals surface area contributed by atoms with Gasteiger partial charge < -0.3 is 14.0 Å². The van der Waals surface area contributed by atoms with Gasteiger partial charge in [0.25, 0.3) is 0 Å². The van der Waals surface area contributed by atoms with Crippen LogP contribution in [0.3, 0.4) is 0 Å². The van der Waals surface area contributed by atoms with Crippen molar-refractivity contribution in [1.82, 2.24) is 19.5 Å². The lowest BCUT2D eigenvalue weighted by Crippen LogP contribution is -2.31. The zero-order valence-corrected chi connectivity index (χ0v) is 18.9. The van der Waals surface area contributed by atoms with Gasteiger partial charge in [-0.15, -0.1) is 0 Å². The molecule has 0 aliphatic carbocycles. The molecule has 0 saturated carbocycles. The van der Waals surface area contributed by atoms with E-state index in [4.69, 9.17) is 21.1 Å². The highest BCUT2D eigenvalue weighted by Crippen LogP contribution is 2.27. The Labute approximate surface area is 200 Å². The van der Waals surface area contributed by atoms with E-state index in [1.165, 1.54) is 18.3 Å². The number of aromatic nitrogens is 4. The largest absolute Gasteiger partial charge is 0.471 e. The van der Waals surface area contributed by atoms with Gasteiger partial charge in [0.1, 0.15) is 24.1 Å². The molecular weight excluding hydrogens is 462 g/mol. The summed E-state index contributed by atoms with van der Waals surface area (Å²) in [6, 6.07) is 10.8. The van der Waals surface area contributed by atoms with Crippen molar-refractivity contribution in [3.8, 4) is 17.1 Å². The zero-order valence-electron chi connectivity index (χ0n) is 18.1. The Bertz CT molecular complexity index is 1290. The molecule has 34 heavy (non-hydrogen) atoms. The molecule has 1 atom stereocenters. The van der Waals surface area contributed by atoms with Gasteiger partial charge in [-0.1, -0.05) is 17.7 Å². The number of imidazole rings is 1. The van der Waals surface area contributed by atoms with E-state index in [2.05, 4.69) is 15.0 Å². The molecule has 0 bridgehead atoms. The number of benzene rings is 1. The maximum atomic E-state index is 15.0. The number of ether oxygens (including phenoxy) is 2. The van der Waals surface area contributed by atoms with Gasteiger partial charge in [-0.2, -0.15) is 0 Å². The molecule has 0 radical (unpaired) electrons. The normalized spacial score (nSPS) is 15.2. The molecule has 1 saturated heterocycles. The molecule has 5 rings (SSSR count). The number of halogens is 3. The maximum absolute atomic E-state index is 15.0. The first-order chi connectivity index (χ1) is 16.5. The highest BCUT2D eigenvalue weighted by molar-refractivity contribution is 6.30. The van der Waals surface area contributed by atoms with Gasteiger partial charge in [0.2, 0.25) is 5.88 Å². The summed E-state index contributed by atoms with van der Waals surface area (Å²) < 4.78 is 43.0. The Morgan fingerprint density at radius 3 is 2.76 bits per heavy atom. The standard InChI is InChI=1S/C25H21ClF2N4O2/c26-17-4-5-18(30-13-17)15-34-25-3-1-2-23(31-25)20-12-21(27)16(10-22(20)28)11-24-29-7-8-32(24)14-19-6-9-33-19/h1-5,7-8,10,12-13,19H,6,9,11,14-15H2/t19-/m0/s1. The fraction of sp³-hybridized carbons (Fsp3) is 0.240. The average molecular weight is 483 g/mol. The Hall–Kier alpha value is -3.36. The quantitative estimate of drug-likeness (QED) is 0.344. The van der Waals surface area contributed by atoms with Crippen LogP contribution in [0.4, 0.5) is 8.78 Å². The topological polar surface area (TPSA) is 62.1 Å². The van der Waals surface area contributed by atoms with E-state index >= 15 is 4.39 Å². The minimum Gasteiger partial charge on any atom is -0.471 e. The molecule has 174 valence electrons. The van der Waals surface area contributed by atoms with E-state index < -0.39 is 11.6 Å². The number of pyridine rings is 2. The minimum absolute atomic E-state index is 0.0579. The van der Waals surface area contributed by atoms with Crippen molar-refractivity contribution in [3.05, 3.63) is 94.8 Å². The minimum atomic E-state index is -0.569. The summed E-state index contributed by atoms with van der Waals surface area (Å²) in [7, 11) is 0. The van der Waals surface area contributed by atoms with Crippen LogP contribution in [0.15, 0.2) is 61.1 Å². The SMILES string of the molecule is Fc1cc(-c2cccc(OCc3ccc(Cl)cn3)n2)c(F)cc1Cc1nccn1C[C@@H]1CCO1. The molecule has 9 heteroatoms. The summed E-state index contributed by atoms with van der Waals surface area (Å²) in [6.45, 7) is 1.58. The highest BCUT2D eigenvalue weighted by Gasteiger charge is 2.21. The third-order valence-corrected chi connectivity index (χ3v) is 5.86. The van der Waals surface area contributed by atoms with E-state index in [0.29, 0.717) is 23.1 Å². The fourth-order valence-electron chi connectivity index (χ4n) is 3.70. The van der Waals surface area contributed by atoms with Gasteiger partial charge in [-0.3, -0.25) is 4.98 Å². The first kappa shape index (κ1) is 22.4. The zero-order chi connectivity index (χ0) is 23.5. The molecule has 6 nitrogen and oxygen atoms in total. The lowest BCUT2D eigenvalue weighted by atomic mass is 10.0.